The summed E-state index contributed by atoms with van der Waals surface area (Å²) < 4.78 is 0. The highest BCUT2D eigenvalue weighted by Crippen LogP contribution is 2.31. The first-order valence-corrected chi connectivity index (χ1v) is 5.10. The summed E-state index contributed by atoms with van der Waals surface area (Å²) in [5, 5.41) is 8.77. The van der Waals surface area contributed by atoms with Crippen molar-refractivity contribution >= 4 is 5.97 Å². The predicted molar refractivity (Wildman–Crippen MR) is 55.0 cm³/mol. The van der Waals surface area contributed by atoms with Gasteiger partial charge in [0.05, 0.1) is 6.42 Å². The zero-order valence-electron chi connectivity index (χ0n) is 8.32. The van der Waals surface area contributed by atoms with Crippen molar-refractivity contribution < 1.29 is 9.90 Å². The summed E-state index contributed by atoms with van der Waals surface area (Å²) in [6.07, 6.45) is 2.84. The molecule has 1 aromatic heterocycles. The van der Waals surface area contributed by atoms with E-state index in [0.717, 1.165) is 30.5 Å². The van der Waals surface area contributed by atoms with Gasteiger partial charge in [-0.05, 0) is 30.7 Å². The van der Waals surface area contributed by atoms with Crippen LogP contribution < -0.4 is 5.56 Å². The van der Waals surface area contributed by atoms with Crippen molar-refractivity contribution in [3.8, 4) is 0 Å². The lowest BCUT2D eigenvalue weighted by Gasteiger charge is -2.23. The molecule has 0 aromatic carbocycles. The maximum Gasteiger partial charge on any atom is 0.303 e. The summed E-state index contributed by atoms with van der Waals surface area (Å²) in [5.74, 6) is -0.720. The summed E-state index contributed by atoms with van der Waals surface area (Å²) in [5.41, 5.74) is 1.81. The molecule has 0 spiro atoms. The molecule has 0 saturated carbocycles. The molecule has 1 aliphatic rings. The highest BCUT2D eigenvalue weighted by Gasteiger charge is 2.22. The van der Waals surface area contributed by atoms with E-state index in [1.54, 1.807) is 6.07 Å². The Labute approximate surface area is 87.0 Å². The molecule has 1 aliphatic carbocycles. The SMILES string of the molecule is O=C(O)CC1CCCc2[nH]c(=O)ccc21. The minimum Gasteiger partial charge on any atom is -0.481 e. The molecule has 1 heterocycles. The minimum atomic E-state index is -0.779. The third-order valence-electron chi connectivity index (χ3n) is 2.88. The van der Waals surface area contributed by atoms with Gasteiger partial charge in [-0.25, -0.2) is 0 Å². The molecule has 4 nitrogen and oxygen atoms in total. The first-order chi connectivity index (χ1) is 7.16. The number of hydrogen-bond acceptors (Lipinski definition) is 2. The van der Waals surface area contributed by atoms with Gasteiger partial charge in [-0.15, -0.1) is 0 Å². The molecular weight excluding hydrogens is 194 g/mol. The molecule has 0 amide bonds. The standard InChI is InChI=1S/C11H13NO3/c13-10-5-4-8-7(6-11(14)15)2-1-3-9(8)12-10/h4-5,7H,1-3,6H2,(H,12,13)(H,14,15). The average molecular weight is 207 g/mol. The molecule has 0 aliphatic heterocycles. The number of aliphatic carboxylic acids is 1. The number of carboxylic acid groups (broad SMARTS) is 1. The number of nitrogens with one attached hydrogen (secondary N) is 1. The number of hydrogen-bond donors (Lipinski definition) is 2. The number of rotatable bonds is 2. The van der Waals surface area contributed by atoms with Crippen molar-refractivity contribution in [1.82, 2.24) is 4.98 Å². The number of pyridine rings is 1. The highest BCUT2D eigenvalue weighted by molar-refractivity contribution is 5.68. The Morgan fingerprint density at radius 2 is 2.33 bits per heavy atom. The Hall–Kier alpha value is -1.58. The second-order valence-electron chi connectivity index (χ2n) is 3.94. The van der Waals surface area contributed by atoms with Crippen LogP contribution >= 0.6 is 0 Å². The van der Waals surface area contributed by atoms with E-state index < -0.39 is 5.97 Å². The van der Waals surface area contributed by atoms with E-state index >= 15 is 0 Å². The molecule has 0 radical (unpaired) electrons. The normalized spacial score (nSPS) is 19.6. The number of H-pyrrole nitrogens is 1. The third-order valence-corrected chi connectivity index (χ3v) is 2.88. The fourth-order valence-electron chi connectivity index (χ4n) is 2.22. The van der Waals surface area contributed by atoms with Crippen LogP contribution in [0.4, 0.5) is 0 Å². The highest BCUT2D eigenvalue weighted by atomic mass is 16.4. The molecule has 15 heavy (non-hydrogen) atoms. The van der Waals surface area contributed by atoms with Crippen LogP contribution in [0.5, 0.6) is 0 Å². The summed E-state index contributed by atoms with van der Waals surface area (Å²) in [6.45, 7) is 0. The smallest absolute Gasteiger partial charge is 0.303 e. The van der Waals surface area contributed by atoms with Gasteiger partial charge < -0.3 is 10.1 Å². The predicted octanol–water partition coefficient (Wildman–Crippen LogP) is 1.27. The lowest BCUT2D eigenvalue weighted by molar-refractivity contribution is -0.137. The molecular formula is C11H13NO3. The van der Waals surface area contributed by atoms with Crippen LogP contribution in [0.1, 0.15) is 36.4 Å². The summed E-state index contributed by atoms with van der Waals surface area (Å²) in [6, 6.07) is 3.24. The molecule has 4 heteroatoms. The molecule has 0 bridgehead atoms. The number of fused-ring (bicyclic) bond motifs is 1. The van der Waals surface area contributed by atoms with Gasteiger partial charge in [0.2, 0.25) is 5.56 Å². The first-order valence-electron chi connectivity index (χ1n) is 5.10. The summed E-state index contributed by atoms with van der Waals surface area (Å²) in [4.78, 5) is 24.6. The van der Waals surface area contributed by atoms with Crippen molar-refractivity contribution in [2.75, 3.05) is 0 Å². The Kier molecular flexibility index (Phi) is 2.58. The third kappa shape index (κ3) is 2.09. The van der Waals surface area contributed by atoms with Gasteiger partial charge in [0, 0.05) is 11.8 Å². The lowest BCUT2D eigenvalue weighted by atomic mass is 9.84. The summed E-state index contributed by atoms with van der Waals surface area (Å²) >= 11 is 0. The number of aryl methyl sites for hydroxylation is 1. The van der Waals surface area contributed by atoms with E-state index in [9.17, 15) is 9.59 Å². The van der Waals surface area contributed by atoms with Crippen molar-refractivity contribution in [2.24, 2.45) is 0 Å². The monoisotopic (exact) mass is 207 g/mol. The number of aromatic nitrogens is 1. The number of carboxylic acids is 1. The zero-order valence-corrected chi connectivity index (χ0v) is 8.32. The van der Waals surface area contributed by atoms with Crippen LogP contribution in [0.15, 0.2) is 16.9 Å². The molecule has 1 unspecified atom stereocenters. The molecule has 2 rings (SSSR count). The van der Waals surface area contributed by atoms with E-state index in [1.807, 2.05) is 0 Å². The number of aromatic amines is 1. The lowest BCUT2D eigenvalue weighted by Crippen LogP contribution is -2.18. The van der Waals surface area contributed by atoms with Gasteiger partial charge in [-0.1, -0.05) is 6.07 Å². The van der Waals surface area contributed by atoms with Crippen molar-refractivity contribution in [2.45, 2.75) is 31.6 Å². The Morgan fingerprint density at radius 1 is 1.53 bits per heavy atom. The van der Waals surface area contributed by atoms with E-state index in [-0.39, 0.29) is 17.9 Å². The molecule has 0 fully saturated rings. The van der Waals surface area contributed by atoms with Crippen LogP contribution in [0.2, 0.25) is 0 Å². The van der Waals surface area contributed by atoms with Gasteiger partial charge in [-0.2, -0.15) is 0 Å². The topological polar surface area (TPSA) is 70.2 Å². The fraction of sp³-hybridized carbons (Fsp3) is 0.455. The Morgan fingerprint density at radius 3 is 3.07 bits per heavy atom. The van der Waals surface area contributed by atoms with Crippen molar-refractivity contribution in [3.63, 3.8) is 0 Å². The van der Waals surface area contributed by atoms with Gasteiger partial charge in [0.15, 0.2) is 0 Å². The van der Waals surface area contributed by atoms with Crippen molar-refractivity contribution in [3.05, 3.63) is 33.7 Å². The molecule has 1 aromatic rings. The van der Waals surface area contributed by atoms with Crippen LogP contribution in [0.25, 0.3) is 0 Å². The van der Waals surface area contributed by atoms with Gasteiger partial charge in [0.1, 0.15) is 0 Å². The van der Waals surface area contributed by atoms with Crippen LogP contribution in [0.3, 0.4) is 0 Å². The van der Waals surface area contributed by atoms with Gasteiger partial charge in [0.25, 0.3) is 0 Å². The molecule has 0 saturated heterocycles. The Bertz CT molecular complexity index is 436. The van der Waals surface area contributed by atoms with Gasteiger partial charge in [-0.3, -0.25) is 9.59 Å². The quantitative estimate of drug-likeness (QED) is 0.767. The Balaban J connectivity index is 2.34. The maximum atomic E-state index is 11.1. The fourth-order valence-corrected chi connectivity index (χ4v) is 2.22. The van der Waals surface area contributed by atoms with Crippen molar-refractivity contribution in [1.29, 1.82) is 0 Å². The zero-order chi connectivity index (χ0) is 10.8. The van der Waals surface area contributed by atoms with Crippen LogP contribution in [0, 0.1) is 0 Å². The van der Waals surface area contributed by atoms with Crippen LogP contribution in [-0.4, -0.2) is 16.1 Å². The second kappa shape index (κ2) is 3.88. The van der Waals surface area contributed by atoms with E-state index in [2.05, 4.69) is 4.98 Å². The second-order valence-corrected chi connectivity index (χ2v) is 3.94. The number of carbonyl (C=O) groups is 1. The maximum absolute atomic E-state index is 11.1. The first kappa shape index (κ1) is 9.96. The average Bonchev–Trinajstić information content (AvgIpc) is 2.16. The molecule has 1 atom stereocenters. The minimum absolute atomic E-state index is 0.0584. The van der Waals surface area contributed by atoms with E-state index in [1.165, 1.54) is 6.07 Å². The van der Waals surface area contributed by atoms with E-state index in [0.29, 0.717) is 0 Å². The molecule has 80 valence electrons. The van der Waals surface area contributed by atoms with Crippen LogP contribution in [-0.2, 0) is 11.2 Å². The van der Waals surface area contributed by atoms with E-state index in [4.69, 9.17) is 5.11 Å². The largest absolute Gasteiger partial charge is 0.481 e. The van der Waals surface area contributed by atoms with Gasteiger partial charge >= 0.3 is 5.97 Å². The molecule has 2 N–H and O–H groups in total. The summed E-state index contributed by atoms with van der Waals surface area (Å²) in [7, 11) is 0.